The van der Waals surface area contributed by atoms with Crippen LogP contribution in [0.1, 0.15) is 28.8 Å². The van der Waals surface area contributed by atoms with Gasteiger partial charge in [0.15, 0.2) is 0 Å². The van der Waals surface area contributed by atoms with Gasteiger partial charge in [-0.1, -0.05) is 6.07 Å². The highest BCUT2D eigenvalue weighted by Crippen LogP contribution is 2.22. The molecule has 0 unspecified atom stereocenters. The Morgan fingerprint density at radius 2 is 1.96 bits per heavy atom. The Labute approximate surface area is 146 Å². The first-order chi connectivity index (χ1) is 11.8. The summed E-state index contributed by atoms with van der Waals surface area (Å²) in [5, 5.41) is 11.2. The molecular weight excluding hydrogens is 348 g/mol. The molecule has 0 spiro atoms. The Hall–Kier alpha value is -1.97. The second kappa shape index (κ2) is 8.41. The summed E-state index contributed by atoms with van der Waals surface area (Å²) in [6.07, 6.45) is 0.275. The van der Waals surface area contributed by atoms with Crippen LogP contribution in [0.15, 0.2) is 23.1 Å². The number of hydrogen-bond donors (Lipinski definition) is 2. The number of nitrogens with zero attached hydrogens (tertiary/aromatic N) is 1. The number of aliphatic carboxylic acids is 1. The molecule has 25 heavy (non-hydrogen) atoms. The van der Waals surface area contributed by atoms with Crippen molar-refractivity contribution < 1.29 is 27.9 Å². The van der Waals surface area contributed by atoms with E-state index in [-0.39, 0.29) is 36.5 Å². The topological polar surface area (TPSA) is 113 Å². The standard InChI is InChI=1S/C16H22N2O6S/c1-12-4-5-13(16(21)17-6-2-3-15(19)20)11-14(12)25(22,23)18-7-9-24-10-8-18/h4-5,11H,2-3,6-10H2,1H3,(H,17,21)(H,19,20). The third kappa shape index (κ3) is 5.00. The van der Waals surface area contributed by atoms with Gasteiger partial charge < -0.3 is 15.2 Å². The first-order valence-electron chi connectivity index (χ1n) is 8.01. The van der Waals surface area contributed by atoms with Crippen molar-refractivity contribution in [1.29, 1.82) is 0 Å². The Morgan fingerprint density at radius 3 is 2.60 bits per heavy atom. The maximum atomic E-state index is 12.8. The fourth-order valence-electron chi connectivity index (χ4n) is 2.49. The van der Waals surface area contributed by atoms with Gasteiger partial charge in [-0.15, -0.1) is 0 Å². The summed E-state index contributed by atoms with van der Waals surface area (Å²) < 4.78 is 32.1. The highest BCUT2D eigenvalue weighted by molar-refractivity contribution is 7.89. The molecule has 2 N–H and O–H groups in total. The molecule has 0 atom stereocenters. The highest BCUT2D eigenvalue weighted by Gasteiger charge is 2.28. The van der Waals surface area contributed by atoms with Crippen LogP contribution < -0.4 is 5.32 Å². The Morgan fingerprint density at radius 1 is 1.28 bits per heavy atom. The van der Waals surface area contributed by atoms with Crippen LogP contribution in [0.5, 0.6) is 0 Å². The normalized spacial score (nSPS) is 15.7. The van der Waals surface area contributed by atoms with Crippen LogP contribution in [0, 0.1) is 6.92 Å². The largest absolute Gasteiger partial charge is 0.481 e. The van der Waals surface area contributed by atoms with Crippen molar-refractivity contribution in [2.24, 2.45) is 0 Å². The van der Waals surface area contributed by atoms with Gasteiger partial charge in [0.1, 0.15) is 0 Å². The second-order valence-electron chi connectivity index (χ2n) is 5.75. The van der Waals surface area contributed by atoms with E-state index in [0.717, 1.165) is 0 Å². The molecule has 8 nitrogen and oxygen atoms in total. The highest BCUT2D eigenvalue weighted by atomic mass is 32.2. The van der Waals surface area contributed by atoms with Crippen molar-refractivity contribution in [2.75, 3.05) is 32.8 Å². The number of carbonyl (C=O) groups is 2. The summed E-state index contributed by atoms with van der Waals surface area (Å²) in [5.74, 6) is -1.35. The lowest BCUT2D eigenvalue weighted by molar-refractivity contribution is -0.137. The fraction of sp³-hybridized carbons (Fsp3) is 0.500. The van der Waals surface area contributed by atoms with Crippen molar-refractivity contribution >= 4 is 21.9 Å². The number of sulfonamides is 1. The van der Waals surface area contributed by atoms with E-state index in [4.69, 9.17) is 9.84 Å². The summed E-state index contributed by atoms with van der Waals surface area (Å²) in [5.41, 5.74) is 0.793. The molecule has 1 fully saturated rings. The molecule has 1 aliphatic rings. The number of benzene rings is 1. The Bertz CT molecular complexity index is 741. The molecule has 0 saturated carbocycles. The first-order valence-corrected chi connectivity index (χ1v) is 9.45. The molecule has 2 rings (SSSR count). The molecular formula is C16H22N2O6S. The van der Waals surface area contributed by atoms with Crippen LogP contribution in [0.4, 0.5) is 0 Å². The van der Waals surface area contributed by atoms with Gasteiger partial charge in [-0.3, -0.25) is 9.59 Å². The van der Waals surface area contributed by atoms with Crippen molar-refractivity contribution in [1.82, 2.24) is 9.62 Å². The summed E-state index contributed by atoms with van der Waals surface area (Å²) in [6, 6.07) is 4.52. The van der Waals surface area contributed by atoms with Crippen LogP contribution in [0.25, 0.3) is 0 Å². The zero-order valence-corrected chi connectivity index (χ0v) is 14.8. The Kier molecular flexibility index (Phi) is 6.51. The first kappa shape index (κ1) is 19.4. The minimum absolute atomic E-state index is 0.0369. The molecule has 1 saturated heterocycles. The fourth-order valence-corrected chi connectivity index (χ4v) is 4.15. The molecule has 0 aliphatic carbocycles. The molecule has 0 radical (unpaired) electrons. The van der Waals surface area contributed by atoms with Gasteiger partial charge in [0.05, 0.1) is 18.1 Å². The van der Waals surface area contributed by atoms with Gasteiger partial charge in [-0.25, -0.2) is 8.42 Å². The van der Waals surface area contributed by atoms with Crippen molar-refractivity contribution in [3.63, 3.8) is 0 Å². The molecule has 1 aliphatic heterocycles. The second-order valence-corrected chi connectivity index (χ2v) is 7.66. The number of hydrogen-bond acceptors (Lipinski definition) is 5. The van der Waals surface area contributed by atoms with Crippen LogP contribution in [0.2, 0.25) is 0 Å². The van der Waals surface area contributed by atoms with Gasteiger partial charge >= 0.3 is 5.97 Å². The van der Waals surface area contributed by atoms with Gasteiger partial charge in [-0.2, -0.15) is 4.31 Å². The summed E-state index contributed by atoms with van der Waals surface area (Å²) in [6.45, 7) is 3.16. The maximum Gasteiger partial charge on any atom is 0.303 e. The zero-order chi connectivity index (χ0) is 18.4. The zero-order valence-electron chi connectivity index (χ0n) is 14.0. The van der Waals surface area contributed by atoms with E-state index >= 15 is 0 Å². The number of nitrogens with one attached hydrogen (secondary N) is 1. The monoisotopic (exact) mass is 370 g/mol. The van der Waals surface area contributed by atoms with Crippen LogP contribution in [-0.4, -0.2) is 62.6 Å². The van der Waals surface area contributed by atoms with Crippen LogP contribution >= 0.6 is 0 Å². The quantitative estimate of drug-likeness (QED) is 0.680. The SMILES string of the molecule is Cc1ccc(C(=O)NCCCC(=O)O)cc1S(=O)(=O)N1CCOCC1. The number of morpholine rings is 1. The number of carbonyl (C=O) groups excluding carboxylic acids is 1. The van der Waals surface area contributed by atoms with Gasteiger partial charge in [0.25, 0.3) is 5.91 Å². The summed E-state index contributed by atoms with van der Waals surface area (Å²) >= 11 is 0. The molecule has 0 bridgehead atoms. The van der Waals surface area contributed by atoms with E-state index in [0.29, 0.717) is 25.2 Å². The molecule has 1 aromatic rings. The van der Waals surface area contributed by atoms with Crippen molar-refractivity contribution in [3.05, 3.63) is 29.3 Å². The minimum Gasteiger partial charge on any atom is -0.481 e. The van der Waals surface area contributed by atoms with Gasteiger partial charge in [0, 0.05) is 31.6 Å². The maximum absolute atomic E-state index is 12.8. The lowest BCUT2D eigenvalue weighted by Gasteiger charge is -2.26. The van der Waals surface area contributed by atoms with Crippen LogP contribution in [0.3, 0.4) is 0 Å². The van der Waals surface area contributed by atoms with E-state index in [9.17, 15) is 18.0 Å². The average molecular weight is 370 g/mol. The molecule has 1 amide bonds. The number of aryl methyl sites for hydroxylation is 1. The van der Waals surface area contributed by atoms with Crippen molar-refractivity contribution in [3.8, 4) is 0 Å². The lowest BCUT2D eigenvalue weighted by Crippen LogP contribution is -2.41. The predicted octanol–water partition coefficient (Wildman–Crippen LogP) is 0.611. The number of rotatable bonds is 7. The van der Waals surface area contributed by atoms with E-state index in [1.165, 1.54) is 10.4 Å². The molecule has 138 valence electrons. The Balaban J connectivity index is 2.13. The van der Waals surface area contributed by atoms with Gasteiger partial charge in [0.2, 0.25) is 10.0 Å². The average Bonchev–Trinajstić information content (AvgIpc) is 2.59. The van der Waals surface area contributed by atoms with E-state index in [2.05, 4.69) is 5.32 Å². The third-order valence-electron chi connectivity index (χ3n) is 3.89. The van der Waals surface area contributed by atoms with E-state index in [1.807, 2.05) is 0 Å². The predicted molar refractivity (Wildman–Crippen MR) is 90.0 cm³/mol. The molecule has 1 aromatic carbocycles. The van der Waals surface area contributed by atoms with E-state index in [1.54, 1.807) is 19.1 Å². The molecule has 0 aromatic heterocycles. The summed E-state index contributed by atoms with van der Waals surface area (Å²) in [7, 11) is -3.69. The summed E-state index contributed by atoms with van der Waals surface area (Å²) in [4.78, 5) is 22.7. The number of carboxylic acids is 1. The molecule has 9 heteroatoms. The third-order valence-corrected chi connectivity index (χ3v) is 5.93. The van der Waals surface area contributed by atoms with Crippen LogP contribution in [-0.2, 0) is 19.6 Å². The van der Waals surface area contributed by atoms with Crippen molar-refractivity contribution in [2.45, 2.75) is 24.7 Å². The van der Waals surface area contributed by atoms with Gasteiger partial charge in [-0.05, 0) is 31.0 Å². The molecule has 1 heterocycles. The number of amides is 1. The van der Waals surface area contributed by atoms with E-state index < -0.39 is 21.9 Å². The number of carboxylic acid groups (broad SMARTS) is 1. The minimum atomic E-state index is -3.69. The smallest absolute Gasteiger partial charge is 0.303 e. The lowest BCUT2D eigenvalue weighted by atomic mass is 10.1. The number of ether oxygens (including phenoxy) is 1.